The Morgan fingerprint density at radius 2 is 1.48 bits per heavy atom. The van der Waals surface area contributed by atoms with Crippen molar-refractivity contribution in [1.29, 1.82) is 0 Å². The summed E-state index contributed by atoms with van der Waals surface area (Å²) < 4.78 is 12.8. The molecule has 8 nitrogen and oxygen atoms in total. The molecule has 0 unspecified atom stereocenters. The van der Waals surface area contributed by atoms with Gasteiger partial charge >= 0.3 is 0 Å². The van der Waals surface area contributed by atoms with E-state index in [-0.39, 0.29) is 10.7 Å². The van der Waals surface area contributed by atoms with Crippen molar-refractivity contribution in [3.8, 4) is 0 Å². The van der Waals surface area contributed by atoms with Crippen molar-refractivity contribution in [3.05, 3.63) is 35.6 Å². The van der Waals surface area contributed by atoms with Crippen LogP contribution in [0.3, 0.4) is 0 Å². The fraction of sp³-hybridized carbons (Fsp3) is 0.214. The minimum absolute atomic E-state index is 0.0707. The standard InChI is InChI=1S/C14H18FN7OS2/c1-8(17-20-13(24)16-3)9(2)18-21-14(25)22-19-12(23)10-4-6-11(15)7-5-10/h4-7H,1-3H3,(H,19,23)(H2,16,20,24)(H2,21,22,25)/b17-8+,18-9+. The van der Waals surface area contributed by atoms with Crippen molar-refractivity contribution in [2.45, 2.75) is 13.8 Å². The molecular formula is C14H18FN7OS2. The van der Waals surface area contributed by atoms with Gasteiger partial charge in [-0.15, -0.1) is 0 Å². The highest BCUT2D eigenvalue weighted by Gasteiger charge is 2.05. The Morgan fingerprint density at radius 1 is 0.960 bits per heavy atom. The second-order valence-corrected chi connectivity index (χ2v) is 5.43. The molecule has 0 heterocycles. The van der Waals surface area contributed by atoms with E-state index < -0.39 is 11.7 Å². The molecule has 0 bridgehead atoms. The minimum Gasteiger partial charge on any atom is -0.364 e. The lowest BCUT2D eigenvalue weighted by Gasteiger charge is -2.09. The first kappa shape index (κ1) is 20.4. The number of benzene rings is 1. The predicted molar refractivity (Wildman–Crippen MR) is 104 cm³/mol. The van der Waals surface area contributed by atoms with Gasteiger partial charge in [0.1, 0.15) is 5.82 Å². The number of rotatable bonds is 4. The van der Waals surface area contributed by atoms with E-state index >= 15 is 0 Å². The molecule has 5 N–H and O–H groups in total. The van der Waals surface area contributed by atoms with Crippen LogP contribution in [0.1, 0.15) is 24.2 Å². The van der Waals surface area contributed by atoms with Crippen LogP contribution in [-0.4, -0.2) is 34.6 Å². The van der Waals surface area contributed by atoms with Crippen LogP contribution in [0, 0.1) is 5.82 Å². The highest BCUT2D eigenvalue weighted by molar-refractivity contribution is 7.80. The quantitative estimate of drug-likeness (QED) is 0.297. The molecule has 134 valence electrons. The number of hydrogen-bond acceptors (Lipinski definition) is 5. The van der Waals surface area contributed by atoms with Crippen LogP contribution >= 0.6 is 24.4 Å². The molecule has 0 saturated carbocycles. The first-order valence-corrected chi connectivity index (χ1v) is 7.83. The van der Waals surface area contributed by atoms with Gasteiger partial charge in [0.05, 0.1) is 11.4 Å². The van der Waals surface area contributed by atoms with E-state index in [0.29, 0.717) is 16.5 Å². The zero-order chi connectivity index (χ0) is 18.8. The minimum atomic E-state index is -0.465. The Hall–Kier alpha value is -2.66. The van der Waals surface area contributed by atoms with Crippen LogP contribution in [0.5, 0.6) is 0 Å². The summed E-state index contributed by atoms with van der Waals surface area (Å²) in [6, 6.07) is 5.09. The van der Waals surface area contributed by atoms with Crippen LogP contribution < -0.4 is 27.0 Å². The van der Waals surface area contributed by atoms with E-state index in [1.807, 2.05) is 0 Å². The van der Waals surface area contributed by atoms with Crippen molar-refractivity contribution in [2.24, 2.45) is 10.2 Å². The number of halogens is 1. The van der Waals surface area contributed by atoms with Gasteiger partial charge in [0.25, 0.3) is 5.91 Å². The van der Waals surface area contributed by atoms with Crippen LogP contribution in [0.2, 0.25) is 0 Å². The Balaban J connectivity index is 2.46. The molecule has 0 aromatic heterocycles. The molecule has 1 aromatic rings. The average molecular weight is 383 g/mol. The van der Waals surface area contributed by atoms with Gasteiger partial charge in [-0.1, -0.05) is 0 Å². The number of hydrogen-bond donors (Lipinski definition) is 5. The van der Waals surface area contributed by atoms with Crippen LogP contribution in [0.4, 0.5) is 4.39 Å². The zero-order valence-corrected chi connectivity index (χ0v) is 15.4. The summed E-state index contributed by atoms with van der Waals surface area (Å²) in [5, 5.41) is 11.2. The Bertz CT molecular complexity index is 704. The number of amides is 1. The van der Waals surface area contributed by atoms with Gasteiger partial charge in [0.2, 0.25) is 5.11 Å². The van der Waals surface area contributed by atoms with Crippen LogP contribution in [-0.2, 0) is 0 Å². The van der Waals surface area contributed by atoms with E-state index in [4.69, 9.17) is 24.4 Å². The number of carbonyl (C=O) groups is 1. The van der Waals surface area contributed by atoms with Gasteiger partial charge in [-0.2, -0.15) is 10.2 Å². The van der Waals surface area contributed by atoms with Gasteiger partial charge < -0.3 is 5.32 Å². The van der Waals surface area contributed by atoms with Gasteiger partial charge in [0.15, 0.2) is 5.11 Å². The molecule has 0 spiro atoms. The van der Waals surface area contributed by atoms with Crippen molar-refractivity contribution in [2.75, 3.05) is 7.05 Å². The van der Waals surface area contributed by atoms with Crippen molar-refractivity contribution in [1.82, 2.24) is 27.0 Å². The van der Waals surface area contributed by atoms with Gasteiger partial charge in [0, 0.05) is 12.6 Å². The number of hydrazine groups is 1. The lowest BCUT2D eigenvalue weighted by atomic mass is 10.2. The predicted octanol–water partition coefficient (Wildman–Crippen LogP) is 0.780. The second-order valence-electron chi connectivity index (χ2n) is 4.61. The van der Waals surface area contributed by atoms with E-state index in [9.17, 15) is 9.18 Å². The first-order chi connectivity index (χ1) is 11.8. The summed E-state index contributed by atoms with van der Waals surface area (Å²) in [4.78, 5) is 11.8. The SMILES string of the molecule is CNC(=S)N/N=C(C)/C(C)=N/NC(=S)NNC(=O)c1ccc(F)cc1. The van der Waals surface area contributed by atoms with E-state index in [0.717, 1.165) is 0 Å². The maximum Gasteiger partial charge on any atom is 0.269 e. The summed E-state index contributed by atoms with van der Waals surface area (Å²) in [5.41, 5.74) is 11.5. The number of nitrogens with zero attached hydrogens (tertiary/aromatic N) is 2. The van der Waals surface area contributed by atoms with Gasteiger partial charge in [-0.25, -0.2) is 4.39 Å². The van der Waals surface area contributed by atoms with Crippen LogP contribution in [0.15, 0.2) is 34.5 Å². The van der Waals surface area contributed by atoms with Crippen molar-refractivity contribution >= 4 is 52.0 Å². The molecule has 0 saturated heterocycles. The lowest BCUT2D eigenvalue weighted by molar-refractivity contribution is 0.0943. The summed E-state index contributed by atoms with van der Waals surface area (Å²) in [7, 11) is 1.67. The molecular weight excluding hydrogens is 365 g/mol. The van der Waals surface area contributed by atoms with Crippen molar-refractivity contribution < 1.29 is 9.18 Å². The van der Waals surface area contributed by atoms with Gasteiger partial charge in [-0.3, -0.25) is 26.5 Å². The molecule has 0 aliphatic heterocycles. The topological polar surface area (TPSA) is 102 Å². The Kier molecular flexibility index (Phi) is 8.36. The fourth-order valence-electron chi connectivity index (χ4n) is 1.30. The van der Waals surface area contributed by atoms with Crippen LogP contribution in [0.25, 0.3) is 0 Å². The number of carbonyl (C=O) groups excluding carboxylic acids is 1. The molecule has 1 rings (SSSR count). The molecule has 0 fully saturated rings. The van der Waals surface area contributed by atoms with E-state index in [1.54, 1.807) is 20.9 Å². The molecule has 25 heavy (non-hydrogen) atoms. The second kappa shape index (κ2) is 10.3. The summed E-state index contributed by atoms with van der Waals surface area (Å²) in [6.07, 6.45) is 0. The highest BCUT2D eigenvalue weighted by atomic mass is 32.1. The number of thiocarbonyl (C=S) groups is 2. The Morgan fingerprint density at radius 3 is 2.00 bits per heavy atom. The zero-order valence-electron chi connectivity index (χ0n) is 13.8. The normalized spacial score (nSPS) is 11.4. The number of nitrogens with one attached hydrogen (secondary N) is 5. The molecule has 1 amide bonds. The molecule has 0 atom stereocenters. The lowest BCUT2D eigenvalue weighted by Crippen LogP contribution is -2.45. The Labute approximate surface area is 155 Å². The maximum absolute atomic E-state index is 12.8. The summed E-state index contributed by atoms with van der Waals surface area (Å²) in [5.74, 6) is -0.888. The number of hydrazone groups is 2. The monoisotopic (exact) mass is 383 g/mol. The highest BCUT2D eigenvalue weighted by Crippen LogP contribution is 2.01. The average Bonchev–Trinajstić information content (AvgIpc) is 2.62. The summed E-state index contributed by atoms with van der Waals surface area (Å²) >= 11 is 9.88. The van der Waals surface area contributed by atoms with Gasteiger partial charge in [-0.05, 0) is 62.5 Å². The molecule has 1 aromatic carbocycles. The van der Waals surface area contributed by atoms with E-state index in [1.165, 1.54) is 24.3 Å². The molecule has 0 radical (unpaired) electrons. The van der Waals surface area contributed by atoms with Crippen molar-refractivity contribution in [3.63, 3.8) is 0 Å². The smallest absolute Gasteiger partial charge is 0.269 e. The first-order valence-electron chi connectivity index (χ1n) is 7.02. The van der Waals surface area contributed by atoms with E-state index in [2.05, 4.69) is 37.2 Å². The largest absolute Gasteiger partial charge is 0.364 e. The third-order valence-corrected chi connectivity index (χ3v) is 3.29. The molecule has 11 heteroatoms. The third-order valence-electron chi connectivity index (χ3n) is 2.80. The summed E-state index contributed by atoms with van der Waals surface area (Å²) in [6.45, 7) is 3.45. The molecule has 0 aliphatic rings. The maximum atomic E-state index is 12.8. The fourth-order valence-corrected chi connectivity index (χ4v) is 1.44. The molecule has 0 aliphatic carbocycles. The third kappa shape index (κ3) is 7.63.